The Morgan fingerprint density at radius 3 is 2.79 bits per heavy atom. The molecular weight excluding hydrogens is 366 g/mol. The van der Waals surface area contributed by atoms with Crippen LogP contribution in [0.5, 0.6) is 0 Å². The number of nitrogens with one attached hydrogen (secondary N) is 1. The second-order valence-electron chi connectivity index (χ2n) is 7.35. The average molecular weight is 385 g/mol. The Labute approximate surface area is 167 Å². The summed E-state index contributed by atoms with van der Waals surface area (Å²) in [5.74, 6) is 0.950. The third-order valence-electron chi connectivity index (χ3n) is 5.17. The van der Waals surface area contributed by atoms with Crippen LogP contribution in [0.25, 0.3) is 33.5 Å². The van der Waals surface area contributed by atoms with Crippen LogP contribution in [0.2, 0.25) is 0 Å². The van der Waals surface area contributed by atoms with Crippen LogP contribution in [0.1, 0.15) is 24.1 Å². The fourth-order valence-corrected chi connectivity index (χ4v) is 3.44. The van der Waals surface area contributed by atoms with E-state index in [0.29, 0.717) is 11.5 Å². The summed E-state index contributed by atoms with van der Waals surface area (Å²) in [6.07, 6.45) is 6.76. The number of benzene rings is 1. The van der Waals surface area contributed by atoms with E-state index >= 15 is 0 Å². The van der Waals surface area contributed by atoms with Gasteiger partial charge in [0.1, 0.15) is 12.0 Å². The lowest BCUT2D eigenvalue weighted by atomic mass is 9.98. The molecule has 29 heavy (non-hydrogen) atoms. The van der Waals surface area contributed by atoms with Gasteiger partial charge in [0.2, 0.25) is 11.9 Å². The van der Waals surface area contributed by atoms with E-state index in [9.17, 15) is 4.79 Å². The average Bonchev–Trinajstić information content (AvgIpc) is 3.43. The van der Waals surface area contributed by atoms with Gasteiger partial charge in [0, 0.05) is 28.8 Å². The Hall–Kier alpha value is -3.61. The van der Waals surface area contributed by atoms with Crippen molar-refractivity contribution in [3.05, 3.63) is 54.3 Å². The zero-order chi connectivity index (χ0) is 20.0. The van der Waals surface area contributed by atoms with E-state index in [1.165, 1.54) is 0 Å². The van der Waals surface area contributed by atoms with Crippen molar-refractivity contribution in [2.24, 2.45) is 5.92 Å². The minimum Gasteiger partial charge on any atom is -0.463 e. The summed E-state index contributed by atoms with van der Waals surface area (Å²) in [4.78, 5) is 29.9. The van der Waals surface area contributed by atoms with Gasteiger partial charge in [0.15, 0.2) is 5.76 Å². The van der Waals surface area contributed by atoms with Crippen molar-refractivity contribution in [3.63, 3.8) is 0 Å². The molecule has 144 valence electrons. The van der Waals surface area contributed by atoms with Gasteiger partial charge in [0.05, 0.1) is 11.8 Å². The molecular formula is C22H19N5O2. The zero-order valence-corrected chi connectivity index (χ0v) is 16.1. The van der Waals surface area contributed by atoms with Crippen LogP contribution in [-0.2, 0) is 4.79 Å². The van der Waals surface area contributed by atoms with Gasteiger partial charge in [-0.2, -0.15) is 0 Å². The molecule has 0 radical (unpaired) electrons. The maximum atomic E-state index is 12.1. The number of fused-ring (bicyclic) bond motifs is 1. The Morgan fingerprint density at radius 2 is 2.03 bits per heavy atom. The van der Waals surface area contributed by atoms with Gasteiger partial charge in [-0.25, -0.2) is 19.9 Å². The van der Waals surface area contributed by atoms with Crippen LogP contribution in [-0.4, -0.2) is 25.8 Å². The summed E-state index contributed by atoms with van der Waals surface area (Å²) in [5, 5.41) is 3.80. The molecule has 5 rings (SSSR count). The Bertz CT molecular complexity index is 1230. The highest BCUT2D eigenvalue weighted by Gasteiger charge is 2.30. The SMILES string of the molecule is Cc1ncnc2c(C)cc(-c3cnc(NC(=O)C4CC4)nc3-c3ccco3)cc12. The number of amides is 1. The molecule has 1 fully saturated rings. The lowest BCUT2D eigenvalue weighted by Gasteiger charge is -2.12. The molecule has 4 aromatic rings. The van der Waals surface area contributed by atoms with E-state index in [-0.39, 0.29) is 17.8 Å². The van der Waals surface area contributed by atoms with Crippen molar-refractivity contribution in [2.45, 2.75) is 26.7 Å². The normalized spacial score (nSPS) is 13.6. The highest BCUT2D eigenvalue weighted by atomic mass is 16.3. The molecule has 7 heteroatoms. The molecule has 0 unspecified atom stereocenters. The van der Waals surface area contributed by atoms with Gasteiger partial charge in [0.25, 0.3) is 0 Å². The van der Waals surface area contributed by atoms with Crippen LogP contribution in [0, 0.1) is 19.8 Å². The monoisotopic (exact) mass is 385 g/mol. The Balaban J connectivity index is 1.65. The van der Waals surface area contributed by atoms with E-state index < -0.39 is 0 Å². The fourth-order valence-electron chi connectivity index (χ4n) is 3.44. The molecule has 7 nitrogen and oxygen atoms in total. The van der Waals surface area contributed by atoms with Crippen LogP contribution in [0.4, 0.5) is 5.95 Å². The number of aryl methyl sites for hydroxylation is 2. The van der Waals surface area contributed by atoms with E-state index in [2.05, 4.69) is 31.3 Å². The number of carbonyl (C=O) groups excluding carboxylic acids is 1. The first kappa shape index (κ1) is 17.5. The second-order valence-corrected chi connectivity index (χ2v) is 7.35. The lowest BCUT2D eigenvalue weighted by molar-refractivity contribution is -0.117. The number of carbonyl (C=O) groups is 1. The molecule has 1 aliphatic rings. The molecule has 0 atom stereocenters. The second kappa shape index (κ2) is 6.77. The summed E-state index contributed by atoms with van der Waals surface area (Å²) >= 11 is 0. The van der Waals surface area contributed by atoms with Crippen molar-refractivity contribution < 1.29 is 9.21 Å². The van der Waals surface area contributed by atoms with Gasteiger partial charge in [-0.05, 0) is 62.1 Å². The number of hydrogen-bond acceptors (Lipinski definition) is 6. The fraction of sp³-hybridized carbons (Fsp3) is 0.227. The van der Waals surface area contributed by atoms with E-state index in [1.807, 2.05) is 32.0 Å². The summed E-state index contributed by atoms with van der Waals surface area (Å²) in [6.45, 7) is 3.99. The van der Waals surface area contributed by atoms with E-state index in [0.717, 1.165) is 46.1 Å². The third kappa shape index (κ3) is 3.24. The number of anilines is 1. The quantitative estimate of drug-likeness (QED) is 0.562. The molecule has 1 N–H and O–H groups in total. The van der Waals surface area contributed by atoms with E-state index in [1.54, 1.807) is 18.8 Å². The first-order chi connectivity index (χ1) is 14.1. The molecule has 1 aromatic carbocycles. The van der Waals surface area contributed by atoms with Crippen LogP contribution < -0.4 is 5.32 Å². The van der Waals surface area contributed by atoms with E-state index in [4.69, 9.17) is 4.42 Å². The molecule has 0 spiro atoms. The summed E-state index contributed by atoms with van der Waals surface area (Å²) in [6, 6.07) is 7.77. The molecule has 3 aromatic heterocycles. The topological polar surface area (TPSA) is 93.8 Å². The number of rotatable bonds is 4. The Morgan fingerprint density at radius 1 is 1.17 bits per heavy atom. The highest BCUT2D eigenvalue weighted by molar-refractivity contribution is 5.94. The zero-order valence-electron chi connectivity index (χ0n) is 16.1. The van der Waals surface area contributed by atoms with Crippen molar-refractivity contribution in [1.82, 2.24) is 19.9 Å². The number of hydrogen-bond donors (Lipinski definition) is 1. The predicted molar refractivity (Wildman–Crippen MR) is 109 cm³/mol. The van der Waals surface area contributed by atoms with Gasteiger partial charge in [-0.15, -0.1) is 0 Å². The smallest absolute Gasteiger partial charge is 0.230 e. The number of furan rings is 1. The summed E-state index contributed by atoms with van der Waals surface area (Å²) in [5.41, 5.74) is 5.27. The van der Waals surface area contributed by atoms with Crippen molar-refractivity contribution in [2.75, 3.05) is 5.32 Å². The standard InChI is InChI=1S/C22H19N5O2/c1-12-8-15(9-16-13(2)24-11-25-19(12)16)17-10-23-22(27-21(28)14-5-6-14)26-20(17)18-4-3-7-29-18/h3-4,7-11,14H,5-6H2,1-2H3,(H,23,26,27,28). The first-order valence-corrected chi connectivity index (χ1v) is 9.54. The molecule has 1 amide bonds. The first-order valence-electron chi connectivity index (χ1n) is 9.54. The van der Waals surface area contributed by atoms with Gasteiger partial charge in [-0.3, -0.25) is 10.1 Å². The largest absolute Gasteiger partial charge is 0.463 e. The van der Waals surface area contributed by atoms with Crippen LogP contribution >= 0.6 is 0 Å². The minimum absolute atomic E-state index is 0.0301. The van der Waals surface area contributed by atoms with Gasteiger partial charge in [-0.1, -0.05) is 0 Å². The summed E-state index contributed by atoms with van der Waals surface area (Å²) < 4.78 is 5.62. The van der Waals surface area contributed by atoms with Crippen LogP contribution in [0.3, 0.4) is 0 Å². The predicted octanol–water partition coefficient (Wildman–Crippen LogP) is 4.31. The lowest BCUT2D eigenvalue weighted by Crippen LogP contribution is -2.15. The molecule has 0 aliphatic heterocycles. The minimum atomic E-state index is -0.0301. The molecule has 1 saturated carbocycles. The number of nitrogens with zero attached hydrogens (tertiary/aromatic N) is 4. The number of aromatic nitrogens is 4. The molecule has 3 heterocycles. The molecule has 1 aliphatic carbocycles. The maximum Gasteiger partial charge on any atom is 0.230 e. The summed E-state index contributed by atoms with van der Waals surface area (Å²) in [7, 11) is 0. The van der Waals surface area contributed by atoms with Gasteiger partial charge >= 0.3 is 0 Å². The Kier molecular flexibility index (Phi) is 4.08. The molecule has 0 bridgehead atoms. The van der Waals surface area contributed by atoms with Crippen molar-refractivity contribution in [1.29, 1.82) is 0 Å². The van der Waals surface area contributed by atoms with Gasteiger partial charge < -0.3 is 4.42 Å². The van der Waals surface area contributed by atoms with Crippen molar-refractivity contribution >= 4 is 22.8 Å². The maximum absolute atomic E-state index is 12.1. The highest BCUT2D eigenvalue weighted by Crippen LogP contribution is 2.35. The third-order valence-corrected chi connectivity index (χ3v) is 5.17. The van der Waals surface area contributed by atoms with Crippen molar-refractivity contribution in [3.8, 4) is 22.6 Å². The molecule has 0 saturated heterocycles. The van der Waals surface area contributed by atoms with Crippen LogP contribution in [0.15, 0.2) is 47.5 Å².